The lowest BCUT2D eigenvalue weighted by Gasteiger charge is -2.26. The summed E-state index contributed by atoms with van der Waals surface area (Å²) in [7, 11) is -4.01. The molecule has 5 N–H and O–H groups in total. The van der Waals surface area contributed by atoms with Gasteiger partial charge in [-0.05, 0) is 70.7 Å². The van der Waals surface area contributed by atoms with Crippen LogP contribution in [0.5, 0.6) is 0 Å². The molecule has 2 aromatic heterocycles. The minimum absolute atomic E-state index is 0.0187. The van der Waals surface area contributed by atoms with Crippen LogP contribution in [0.1, 0.15) is 63.1 Å². The van der Waals surface area contributed by atoms with Crippen LogP contribution in [0.3, 0.4) is 0 Å². The molecule has 4 rings (SSSR count). The number of hydrogen-bond donors (Lipinski definition) is 4. The number of pyridine rings is 1. The first kappa shape index (κ1) is 30.3. The number of aromatic nitrogens is 2. The van der Waals surface area contributed by atoms with Gasteiger partial charge in [0.05, 0.1) is 27.0 Å². The van der Waals surface area contributed by atoms with Crippen molar-refractivity contribution in [3.63, 3.8) is 0 Å². The number of anilines is 1. The van der Waals surface area contributed by atoms with Gasteiger partial charge in [-0.15, -0.1) is 11.3 Å². The molecular formula is C27H33FN6O5S2. The molecule has 0 saturated heterocycles. The summed E-state index contributed by atoms with van der Waals surface area (Å²) in [6.45, 7) is 5.06. The number of ether oxygens (including phenoxy) is 1. The van der Waals surface area contributed by atoms with E-state index in [0.717, 1.165) is 17.8 Å². The molecule has 1 fully saturated rings. The predicted molar refractivity (Wildman–Crippen MR) is 153 cm³/mol. The molecule has 41 heavy (non-hydrogen) atoms. The minimum Gasteiger partial charge on any atom is -0.446 e. The smallest absolute Gasteiger partial charge is 0.404 e. The second-order valence-electron chi connectivity index (χ2n) is 10.8. The average Bonchev–Trinajstić information content (AvgIpc) is 3.37. The maximum absolute atomic E-state index is 13.8. The van der Waals surface area contributed by atoms with Crippen molar-refractivity contribution >= 4 is 39.2 Å². The molecule has 14 heteroatoms. The van der Waals surface area contributed by atoms with Crippen molar-refractivity contribution in [3.8, 4) is 10.4 Å². The van der Waals surface area contributed by atoms with E-state index in [1.807, 2.05) is 0 Å². The number of sulfonamides is 1. The topological polar surface area (TPSA) is 165 Å². The Hall–Kier alpha value is -3.62. The van der Waals surface area contributed by atoms with Crippen molar-refractivity contribution in [2.45, 2.75) is 75.5 Å². The molecule has 0 bridgehead atoms. The van der Waals surface area contributed by atoms with E-state index >= 15 is 0 Å². The highest BCUT2D eigenvalue weighted by Gasteiger charge is 2.29. The fraction of sp³-hybridized carbons (Fsp3) is 0.407. The second kappa shape index (κ2) is 12.5. The van der Waals surface area contributed by atoms with Crippen molar-refractivity contribution < 1.29 is 27.1 Å². The quantitative estimate of drug-likeness (QED) is 0.285. The normalized spacial score (nSPS) is 17.6. The van der Waals surface area contributed by atoms with Gasteiger partial charge in [0.15, 0.2) is 0 Å². The molecule has 11 nitrogen and oxygen atoms in total. The highest BCUT2D eigenvalue weighted by atomic mass is 32.2. The van der Waals surface area contributed by atoms with Gasteiger partial charge < -0.3 is 21.1 Å². The van der Waals surface area contributed by atoms with Crippen molar-refractivity contribution in [1.29, 1.82) is 0 Å². The lowest BCUT2D eigenvalue weighted by atomic mass is 9.88. The molecular weight excluding hydrogens is 571 g/mol. The molecule has 1 saturated carbocycles. The van der Waals surface area contributed by atoms with Gasteiger partial charge in [-0.2, -0.15) is 0 Å². The molecule has 0 radical (unpaired) electrons. The van der Waals surface area contributed by atoms with Crippen LogP contribution in [0, 0.1) is 5.82 Å². The van der Waals surface area contributed by atoms with E-state index in [4.69, 9.17) is 10.5 Å². The van der Waals surface area contributed by atoms with Gasteiger partial charge in [0.25, 0.3) is 0 Å². The van der Waals surface area contributed by atoms with Crippen LogP contribution in [-0.2, 0) is 21.3 Å². The Morgan fingerprint density at radius 1 is 1.15 bits per heavy atom. The Kier molecular flexibility index (Phi) is 9.24. The fourth-order valence-corrected chi connectivity index (χ4v) is 7.42. The van der Waals surface area contributed by atoms with Crippen LogP contribution in [0.2, 0.25) is 0 Å². The van der Waals surface area contributed by atoms with Crippen molar-refractivity contribution in [2.24, 2.45) is 5.73 Å². The number of nitrogens with zero attached hydrogens (tertiary/aromatic N) is 2. The highest BCUT2D eigenvalue weighted by Crippen LogP contribution is 2.40. The summed E-state index contributed by atoms with van der Waals surface area (Å²) in [5, 5.41) is 6.00. The lowest BCUT2D eigenvalue weighted by Crippen LogP contribution is -2.40. The Balaban J connectivity index is 1.56. The van der Waals surface area contributed by atoms with Gasteiger partial charge in [0.1, 0.15) is 11.9 Å². The molecule has 3 amide bonds. The van der Waals surface area contributed by atoms with Crippen LogP contribution in [0.4, 0.5) is 19.7 Å². The molecule has 0 atom stereocenters. The Bertz CT molecular complexity index is 1510. The number of primary amides is 1. The number of carbonyl (C=O) groups is 2. The molecule has 0 spiro atoms. The van der Waals surface area contributed by atoms with Gasteiger partial charge in [-0.1, -0.05) is 6.07 Å². The molecule has 0 aliphatic heterocycles. The first-order valence-electron chi connectivity index (χ1n) is 13.0. The van der Waals surface area contributed by atoms with Gasteiger partial charge >= 0.3 is 12.1 Å². The molecule has 2 heterocycles. The van der Waals surface area contributed by atoms with E-state index in [1.165, 1.54) is 35.7 Å². The van der Waals surface area contributed by atoms with Crippen LogP contribution in [0.25, 0.3) is 10.4 Å². The van der Waals surface area contributed by atoms with Crippen LogP contribution < -0.4 is 21.1 Å². The summed E-state index contributed by atoms with van der Waals surface area (Å²) in [6.07, 6.45) is 4.97. The maximum Gasteiger partial charge on any atom is 0.404 e. The third kappa shape index (κ3) is 8.21. The van der Waals surface area contributed by atoms with E-state index in [2.05, 4.69) is 25.3 Å². The maximum atomic E-state index is 13.8. The number of carbonyl (C=O) groups excluding carboxylic acids is 2. The van der Waals surface area contributed by atoms with E-state index in [1.54, 1.807) is 39.1 Å². The number of thiazole rings is 1. The summed E-state index contributed by atoms with van der Waals surface area (Å²) in [5.74, 6) is -0.391. The summed E-state index contributed by atoms with van der Waals surface area (Å²) in [6, 6.07) is 6.65. The summed E-state index contributed by atoms with van der Waals surface area (Å²) >= 11 is 1.40. The third-order valence-corrected chi connectivity index (χ3v) is 9.31. The molecule has 0 unspecified atom stereocenters. The average molecular weight is 605 g/mol. The minimum atomic E-state index is -4.01. The SMILES string of the molecule is CC(C)(C)NS(=O)(=O)c1cc(NC(=O)NCc2ncccc2F)ccc1-c1cnc([C@H]2CC[C@H](OC(N)=O)CC2)s1. The van der Waals surface area contributed by atoms with Gasteiger partial charge in [-0.3, -0.25) is 4.98 Å². The zero-order valence-corrected chi connectivity index (χ0v) is 24.6. The monoisotopic (exact) mass is 604 g/mol. The first-order valence-corrected chi connectivity index (χ1v) is 15.3. The van der Waals surface area contributed by atoms with Crippen molar-refractivity contribution in [3.05, 3.63) is 59.2 Å². The second-order valence-corrected chi connectivity index (χ2v) is 13.5. The summed E-state index contributed by atoms with van der Waals surface area (Å²) < 4.78 is 48.6. The zero-order chi connectivity index (χ0) is 29.8. The number of urea groups is 1. The van der Waals surface area contributed by atoms with Gasteiger partial charge in [-0.25, -0.2) is 32.1 Å². The number of rotatable bonds is 8. The van der Waals surface area contributed by atoms with Crippen molar-refractivity contribution in [2.75, 3.05) is 5.32 Å². The van der Waals surface area contributed by atoms with E-state index in [-0.39, 0.29) is 34.8 Å². The van der Waals surface area contributed by atoms with E-state index in [0.29, 0.717) is 23.3 Å². The number of amides is 3. The van der Waals surface area contributed by atoms with Crippen LogP contribution in [0.15, 0.2) is 47.6 Å². The molecule has 220 valence electrons. The standard InChI is InChI=1S/C27H33FN6O5S2/c1-27(2,3)34-41(37,38)23-13-17(33-26(36)32-14-21-20(28)5-4-12-30-21)8-11-19(23)22-15-31-24(40-22)16-6-9-18(10-7-16)39-25(29)35/h4-5,8,11-13,15-16,18,34H,6-7,9-10,14H2,1-3H3,(H2,29,35)(H2,32,33,36)/t16-,18-. The number of benzene rings is 1. The first-order chi connectivity index (χ1) is 19.3. The zero-order valence-electron chi connectivity index (χ0n) is 22.9. The Morgan fingerprint density at radius 3 is 2.54 bits per heavy atom. The molecule has 3 aromatic rings. The van der Waals surface area contributed by atoms with E-state index in [9.17, 15) is 22.4 Å². The van der Waals surface area contributed by atoms with Crippen LogP contribution in [-0.4, -0.2) is 42.2 Å². The molecule has 1 aliphatic rings. The molecule has 1 aliphatic carbocycles. The number of hydrogen-bond acceptors (Lipinski definition) is 8. The fourth-order valence-electron chi connectivity index (χ4n) is 4.56. The number of halogens is 1. The Labute approximate surface area is 242 Å². The molecule has 1 aromatic carbocycles. The Morgan fingerprint density at radius 2 is 1.88 bits per heavy atom. The van der Waals surface area contributed by atoms with Crippen molar-refractivity contribution in [1.82, 2.24) is 20.0 Å². The van der Waals surface area contributed by atoms with E-state index < -0.39 is 33.5 Å². The summed E-state index contributed by atoms with van der Waals surface area (Å²) in [4.78, 5) is 32.7. The number of nitrogens with two attached hydrogens (primary N) is 1. The highest BCUT2D eigenvalue weighted by molar-refractivity contribution is 7.89. The predicted octanol–water partition coefficient (Wildman–Crippen LogP) is 4.86. The van der Waals surface area contributed by atoms with Crippen LogP contribution >= 0.6 is 11.3 Å². The largest absolute Gasteiger partial charge is 0.446 e. The third-order valence-electron chi connectivity index (χ3n) is 6.32. The lowest BCUT2D eigenvalue weighted by molar-refractivity contribution is 0.0787. The van der Waals surface area contributed by atoms with Gasteiger partial charge in [0, 0.05) is 35.1 Å². The number of nitrogens with one attached hydrogen (secondary N) is 3. The summed E-state index contributed by atoms with van der Waals surface area (Å²) in [5.41, 5.74) is 5.13. The van der Waals surface area contributed by atoms with Gasteiger partial charge in [0.2, 0.25) is 10.0 Å².